The van der Waals surface area contributed by atoms with E-state index in [-0.39, 0.29) is 22.7 Å². The fourth-order valence-electron chi connectivity index (χ4n) is 1.56. The maximum Gasteiger partial charge on any atom is 0.355 e. The van der Waals surface area contributed by atoms with E-state index in [4.69, 9.17) is 9.84 Å². The van der Waals surface area contributed by atoms with Gasteiger partial charge in [0.25, 0.3) is 5.91 Å². The number of thiazole rings is 1. The van der Waals surface area contributed by atoms with Crippen molar-refractivity contribution < 1.29 is 19.4 Å². The van der Waals surface area contributed by atoms with Crippen molar-refractivity contribution in [1.82, 2.24) is 10.3 Å². The summed E-state index contributed by atoms with van der Waals surface area (Å²) in [5, 5.41) is 12.9. The predicted molar refractivity (Wildman–Crippen MR) is 60.4 cm³/mol. The molecule has 2 N–H and O–H groups in total. The number of hydrogen-bond acceptors (Lipinski definition) is 5. The van der Waals surface area contributed by atoms with Crippen molar-refractivity contribution in [1.29, 1.82) is 0 Å². The van der Waals surface area contributed by atoms with E-state index >= 15 is 0 Å². The summed E-state index contributed by atoms with van der Waals surface area (Å²) in [5.74, 6) is -1.47. The van der Waals surface area contributed by atoms with Crippen molar-refractivity contribution >= 4 is 23.2 Å². The van der Waals surface area contributed by atoms with E-state index in [0.717, 1.165) is 30.8 Å². The Morgan fingerprint density at radius 1 is 1.65 bits per heavy atom. The lowest BCUT2D eigenvalue weighted by molar-refractivity contribution is 0.0691. The van der Waals surface area contributed by atoms with Crippen LogP contribution in [0.5, 0.6) is 0 Å². The zero-order valence-corrected chi connectivity index (χ0v) is 9.83. The molecule has 1 aromatic rings. The van der Waals surface area contributed by atoms with Gasteiger partial charge in [0.1, 0.15) is 0 Å². The number of ether oxygens (including phenoxy) is 1. The van der Waals surface area contributed by atoms with Crippen molar-refractivity contribution in [2.24, 2.45) is 0 Å². The van der Waals surface area contributed by atoms with Gasteiger partial charge in [-0.15, -0.1) is 11.3 Å². The molecular weight excluding hydrogens is 244 g/mol. The fraction of sp³-hybridized carbons (Fsp3) is 0.500. The van der Waals surface area contributed by atoms with Gasteiger partial charge in [-0.1, -0.05) is 0 Å². The molecule has 1 aliphatic heterocycles. The van der Waals surface area contributed by atoms with Crippen molar-refractivity contribution in [3.8, 4) is 0 Å². The third-order valence-electron chi connectivity index (χ3n) is 2.43. The Morgan fingerprint density at radius 2 is 2.47 bits per heavy atom. The second-order valence-electron chi connectivity index (χ2n) is 3.69. The molecule has 0 saturated carbocycles. The molecule has 2 heterocycles. The maximum absolute atomic E-state index is 11.6. The zero-order valence-electron chi connectivity index (χ0n) is 9.01. The van der Waals surface area contributed by atoms with Crippen LogP contribution in [0.1, 0.15) is 33.1 Å². The van der Waals surface area contributed by atoms with Crippen LogP contribution in [0, 0.1) is 0 Å². The number of carbonyl (C=O) groups excluding carboxylic acids is 1. The first-order valence-corrected chi connectivity index (χ1v) is 6.13. The summed E-state index contributed by atoms with van der Waals surface area (Å²) in [4.78, 5) is 25.9. The van der Waals surface area contributed by atoms with Crippen molar-refractivity contribution in [3.63, 3.8) is 0 Å². The first-order chi connectivity index (χ1) is 8.16. The van der Waals surface area contributed by atoms with E-state index in [2.05, 4.69) is 10.3 Å². The van der Waals surface area contributed by atoms with Crippen molar-refractivity contribution in [2.45, 2.75) is 18.9 Å². The highest BCUT2D eigenvalue weighted by molar-refractivity contribution is 7.11. The molecule has 0 aromatic carbocycles. The third kappa shape index (κ3) is 3.01. The Labute approximate surface area is 102 Å². The molecule has 1 aromatic heterocycles. The second kappa shape index (κ2) is 5.24. The zero-order chi connectivity index (χ0) is 12.3. The van der Waals surface area contributed by atoms with Crippen LogP contribution in [0.3, 0.4) is 0 Å². The predicted octanol–water partition coefficient (Wildman–Crippen LogP) is 0.750. The number of nitrogens with zero attached hydrogens (tertiary/aromatic N) is 1. The minimum Gasteiger partial charge on any atom is -0.476 e. The van der Waals surface area contributed by atoms with Crippen LogP contribution in [0.25, 0.3) is 0 Å². The number of carboxylic acids is 1. The molecule has 1 fully saturated rings. The highest BCUT2D eigenvalue weighted by atomic mass is 32.1. The van der Waals surface area contributed by atoms with E-state index in [1.165, 1.54) is 5.38 Å². The Hall–Kier alpha value is -1.47. The maximum atomic E-state index is 11.6. The molecule has 1 unspecified atom stereocenters. The normalized spacial score (nSPS) is 19.2. The largest absolute Gasteiger partial charge is 0.476 e. The second-order valence-corrected chi connectivity index (χ2v) is 4.55. The van der Waals surface area contributed by atoms with Crippen LogP contribution >= 0.6 is 11.3 Å². The molecule has 0 bridgehead atoms. The lowest BCUT2D eigenvalue weighted by Gasteiger charge is -2.09. The van der Waals surface area contributed by atoms with E-state index < -0.39 is 5.97 Å². The quantitative estimate of drug-likeness (QED) is 0.829. The van der Waals surface area contributed by atoms with Gasteiger partial charge >= 0.3 is 5.97 Å². The molecule has 2 rings (SSSR count). The van der Waals surface area contributed by atoms with Gasteiger partial charge in [-0.25, -0.2) is 9.78 Å². The summed E-state index contributed by atoms with van der Waals surface area (Å²) >= 11 is 1.02. The molecule has 1 atom stereocenters. The number of rotatable bonds is 4. The Kier molecular flexibility index (Phi) is 3.70. The molecule has 1 amide bonds. The lowest BCUT2D eigenvalue weighted by Crippen LogP contribution is -2.31. The summed E-state index contributed by atoms with van der Waals surface area (Å²) in [7, 11) is 0. The molecule has 7 heteroatoms. The summed E-state index contributed by atoms with van der Waals surface area (Å²) < 4.78 is 5.36. The summed E-state index contributed by atoms with van der Waals surface area (Å²) in [6, 6.07) is 0. The van der Waals surface area contributed by atoms with Gasteiger partial charge < -0.3 is 15.2 Å². The van der Waals surface area contributed by atoms with Gasteiger partial charge in [0, 0.05) is 18.5 Å². The van der Waals surface area contributed by atoms with Gasteiger partial charge in [0.2, 0.25) is 0 Å². The first-order valence-electron chi connectivity index (χ1n) is 5.25. The molecule has 92 valence electrons. The standard InChI is InChI=1S/C10H12N2O4S/c13-8(11-4-6-2-1-3-16-6)9-12-7(5-17-9)10(14)15/h5-6H,1-4H2,(H,11,13)(H,14,15). The summed E-state index contributed by atoms with van der Waals surface area (Å²) in [6.07, 6.45) is 2.03. The van der Waals surface area contributed by atoms with Crippen LogP contribution in [0.2, 0.25) is 0 Å². The van der Waals surface area contributed by atoms with Crippen molar-refractivity contribution in [2.75, 3.05) is 13.2 Å². The van der Waals surface area contributed by atoms with E-state index in [9.17, 15) is 9.59 Å². The van der Waals surface area contributed by atoms with Gasteiger partial charge in [-0.3, -0.25) is 4.79 Å². The fourth-order valence-corrected chi connectivity index (χ4v) is 2.27. The minimum absolute atomic E-state index is 0.0675. The number of aromatic carboxylic acids is 1. The molecule has 1 aliphatic rings. The topological polar surface area (TPSA) is 88.5 Å². The van der Waals surface area contributed by atoms with Gasteiger partial charge in [0.15, 0.2) is 10.7 Å². The van der Waals surface area contributed by atoms with Crippen LogP contribution < -0.4 is 5.32 Å². The van der Waals surface area contributed by atoms with E-state index in [1.807, 2.05) is 0 Å². The van der Waals surface area contributed by atoms with Crippen LogP contribution in [-0.2, 0) is 4.74 Å². The smallest absolute Gasteiger partial charge is 0.355 e. The van der Waals surface area contributed by atoms with Crippen molar-refractivity contribution in [3.05, 3.63) is 16.1 Å². The Balaban J connectivity index is 1.87. The Bertz CT molecular complexity index is 426. The molecule has 0 radical (unpaired) electrons. The minimum atomic E-state index is -1.13. The van der Waals surface area contributed by atoms with Crippen LogP contribution in [0.15, 0.2) is 5.38 Å². The highest BCUT2D eigenvalue weighted by Crippen LogP contribution is 2.12. The number of hydrogen-bond donors (Lipinski definition) is 2. The molecule has 0 aliphatic carbocycles. The monoisotopic (exact) mass is 256 g/mol. The van der Waals surface area contributed by atoms with Gasteiger partial charge in [-0.2, -0.15) is 0 Å². The average Bonchev–Trinajstić information content (AvgIpc) is 2.96. The van der Waals surface area contributed by atoms with Gasteiger partial charge in [-0.05, 0) is 12.8 Å². The number of nitrogens with one attached hydrogen (secondary N) is 1. The number of carboxylic acid groups (broad SMARTS) is 1. The third-order valence-corrected chi connectivity index (χ3v) is 3.27. The van der Waals surface area contributed by atoms with E-state index in [0.29, 0.717) is 6.54 Å². The average molecular weight is 256 g/mol. The Morgan fingerprint density at radius 3 is 3.06 bits per heavy atom. The molecule has 6 nitrogen and oxygen atoms in total. The van der Waals surface area contributed by atoms with Crippen LogP contribution in [0.4, 0.5) is 0 Å². The van der Waals surface area contributed by atoms with E-state index in [1.54, 1.807) is 0 Å². The van der Waals surface area contributed by atoms with Gasteiger partial charge in [0.05, 0.1) is 6.10 Å². The molecule has 0 spiro atoms. The number of aromatic nitrogens is 1. The molecular formula is C10H12N2O4S. The lowest BCUT2D eigenvalue weighted by atomic mass is 10.2. The summed E-state index contributed by atoms with van der Waals surface area (Å²) in [5.41, 5.74) is -0.0998. The molecule has 1 saturated heterocycles. The van der Waals surface area contributed by atoms with Crippen LogP contribution in [-0.4, -0.2) is 41.2 Å². The first kappa shape index (κ1) is 12.0. The number of amides is 1. The molecule has 17 heavy (non-hydrogen) atoms. The summed E-state index contributed by atoms with van der Waals surface area (Å²) in [6.45, 7) is 1.18. The highest BCUT2D eigenvalue weighted by Gasteiger charge is 2.18. The number of carbonyl (C=O) groups is 2. The SMILES string of the molecule is O=C(O)c1csc(C(=O)NCC2CCCO2)n1.